The largest absolute Gasteiger partial charge is 0.481 e. The number of carboxylic acid groups (broad SMARTS) is 1. The summed E-state index contributed by atoms with van der Waals surface area (Å²) in [7, 11) is 0. The first kappa shape index (κ1) is 14.0. The summed E-state index contributed by atoms with van der Waals surface area (Å²) in [6, 6.07) is -0.377. The van der Waals surface area contributed by atoms with Crippen LogP contribution in [0.1, 0.15) is 27.2 Å². The number of carbonyl (C=O) groups is 2. The Bertz CT molecular complexity index is 497. The second-order valence-electron chi connectivity index (χ2n) is 4.66. The summed E-state index contributed by atoms with van der Waals surface area (Å²) in [5.74, 6) is -0.997. The minimum Gasteiger partial charge on any atom is -0.481 e. The van der Waals surface area contributed by atoms with E-state index in [1.807, 2.05) is 19.2 Å². The van der Waals surface area contributed by atoms with Gasteiger partial charge in [0.2, 0.25) is 0 Å². The number of aliphatic carboxylic acids is 1. The van der Waals surface area contributed by atoms with E-state index in [0.717, 1.165) is 10.4 Å². The maximum Gasteiger partial charge on any atom is 0.305 e. The maximum atomic E-state index is 12.5. The zero-order chi connectivity index (χ0) is 14.0. The third-order valence-corrected chi connectivity index (χ3v) is 4.43. The van der Waals surface area contributed by atoms with Crippen molar-refractivity contribution in [1.29, 1.82) is 0 Å². The molecule has 19 heavy (non-hydrogen) atoms. The molecule has 104 valence electrons. The van der Waals surface area contributed by atoms with Crippen LogP contribution in [-0.4, -0.2) is 47.7 Å². The summed E-state index contributed by atoms with van der Waals surface area (Å²) in [5, 5.41) is 10.8. The van der Waals surface area contributed by atoms with Crippen LogP contribution in [0, 0.1) is 13.8 Å². The minimum absolute atomic E-state index is 0.0755. The SMILES string of the molecule is Cc1scc(C(=O)N2CCOC[C@@H]2CC(=O)O)c1C. The number of hydrogen-bond donors (Lipinski definition) is 1. The second-order valence-corrected chi connectivity index (χ2v) is 5.74. The maximum absolute atomic E-state index is 12.5. The molecule has 6 heteroatoms. The molecule has 1 aliphatic heterocycles. The van der Waals surface area contributed by atoms with Crippen molar-refractivity contribution in [2.24, 2.45) is 0 Å². The van der Waals surface area contributed by atoms with E-state index in [0.29, 0.717) is 25.3 Å². The smallest absolute Gasteiger partial charge is 0.305 e. The molecule has 0 saturated carbocycles. The zero-order valence-corrected chi connectivity index (χ0v) is 11.8. The van der Waals surface area contributed by atoms with Crippen molar-refractivity contribution in [3.8, 4) is 0 Å². The van der Waals surface area contributed by atoms with Crippen LogP contribution in [0.4, 0.5) is 0 Å². The van der Waals surface area contributed by atoms with E-state index < -0.39 is 5.97 Å². The van der Waals surface area contributed by atoms with E-state index in [1.165, 1.54) is 0 Å². The highest BCUT2D eigenvalue weighted by Gasteiger charge is 2.30. The van der Waals surface area contributed by atoms with Gasteiger partial charge in [-0.1, -0.05) is 0 Å². The summed E-state index contributed by atoms with van der Waals surface area (Å²) in [4.78, 5) is 26.1. The van der Waals surface area contributed by atoms with E-state index >= 15 is 0 Å². The number of aryl methyl sites for hydroxylation is 1. The minimum atomic E-state index is -0.911. The molecule has 0 unspecified atom stereocenters. The Morgan fingerprint density at radius 1 is 1.53 bits per heavy atom. The monoisotopic (exact) mass is 283 g/mol. The molecule has 1 aromatic heterocycles. The van der Waals surface area contributed by atoms with Crippen LogP contribution >= 0.6 is 11.3 Å². The van der Waals surface area contributed by atoms with Crippen LogP contribution in [-0.2, 0) is 9.53 Å². The number of morpholine rings is 1. The average Bonchev–Trinajstić information content (AvgIpc) is 2.69. The third-order valence-electron chi connectivity index (χ3n) is 3.41. The molecule has 0 spiro atoms. The molecule has 0 radical (unpaired) electrons. The number of ether oxygens (including phenoxy) is 1. The molecule has 1 N–H and O–H groups in total. The molecule has 2 heterocycles. The van der Waals surface area contributed by atoms with Gasteiger partial charge in [-0.2, -0.15) is 0 Å². The molecular formula is C13H17NO4S. The van der Waals surface area contributed by atoms with Crippen molar-refractivity contribution in [1.82, 2.24) is 4.90 Å². The van der Waals surface area contributed by atoms with Gasteiger partial charge in [0.25, 0.3) is 5.91 Å². The Labute approximate surface area is 115 Å². The molecule has 0 aliphatic carbocycles. The fourth-order valence-electron chi connectivity index (χ4n) is 2.17. The molecule has 0 aromatic carbocycles. The lowest BCUT2D eigenvalue weighted by molar-refractivity contribution is -0.139. The summed E-state index contributed by atoms with van der Waals surface area (Å²) in [6.07, 6.45) is -0.0755. The Morgan fingerprint density at radius 3 is 2.84 bits per heavy atom. The Morgan fingerprint density at radius 2 is 2.26 bits per heavy atom. The second kappa shape index (κ2) is 5.71. The van der Waals surface area contributed by atoms with Crippen LogP contribution in [0.3, 0.4) is 0 Å². The van der Waals surface area contributed by atoms with Crippen LogP contribution in [0.25, 0.3) is 0 Å². The lowest BCUT2D eigenvalue weighted by Crippen LogP contribution is -2.49. The van der Waals surface area contributed by atoms with Crippen molar-refractivity contribution in [2.75, 3.05) is 19.8 Å². The van der Waals surface area contributed by atoms with Gasteiger partial charge >= 0.3 is 5.97 Å². The van der Waals surface area contributed by atoms with Gasteiger partial charge < -0.3 is 14.7 Å². The molecule has 1 aliphatic rings. The van der Waals surface area contributed by atoms with E-state index in [4.69, 9.17) is 9.84 Å². The number of hydrogen-bond acceptors (Lipinski definition) is 4. The summed E-state index contributed by atoms with van der Waals surface area (Å²) in [5.41, 5.74) is 1.66. The average molecular weight is 283 g/mol. The molecular weight excluding hydrogens is 266 g/mol. The molecule has 5 nitrogen and oxygen atoms in total. The summed E-state index contributed by atoms with van der Waals surface area (Å²) < 4.78 is 5.28. The summed E-state index contributed by atoms with van der Waals surface area (Å²) >= 11 is 1.54. The van der Waals surface area contributed by atoms with Gasteiger partial charge in [-0.15, -0.1) is 11.3 Å². The van der Waals surface area contributed by atoms with Crippen molar-refractivity contribution >= 4 is 23.2 Å². The number of amides is 1. The first-order chi connectivity index (χ1) is 9.00. The number of carbonyl (C=O) groups excluding carboxylic acids is 1. The van der Waals surface area contributed by atoms with Crippen LogP contribution in [0.15, 0.2) is 5.38 Å². The molecule has 1 amide bonds. The van der Waals surface area contributed by atoms with Crippen LogP contribution in [0.2, 0.25) is 0 Å². The molecule has 1 fully saturated rings. The molecule has 1 saturated heterocycles. The number of rotatable bonds is 3. The van der Waals surface area contributed by atoms with Crippen molar-refractivity contribution in [3.63, 3.8) is 0 Å². The Hall–Kier alpha value is -1.40. The van der Waals surface area contributed by atoms with Gasteiger partial charge in [-0.3, -0.25) is 9.59 Å². The highest BCUT2D eigenvalue weighted by Crippen LogP contribution is 2.24. The number of thiophene rings is 1. The van der Waals surface area contributed by atoms with Gasteiger partial charge in [0.1, 0.15) is 0 Å². The van der Waals surface area contributed by atoms with Crippen LogP contribution in [0.5, 0.6) is 0 Å². The summed E-state index contributed by atoms with van der Waals surface area (Å²) in [6.45, 7) is 5.10. The van der Waals surface area contributed by atoms with Crippen molar-refractivity contribution in [3.05, 3.63) is 21.4 Å². The predicted molar refractivity (Wildman–Crippen MR) is 71.7 cm³/mol. The third kappa shape index (κ3) is 2.96. The van der Waals surface area contributed by atoms with Gasteiger partial charge in [-0.05, 0) is 19.4 Å². The highest BCUT2D eigenvalue weighted by atomic mass is 32.1. The van der Waals surface area contributed by atoms with E-state index in [1.54, 1.807) is 16.2 Å². The van der Waals surface area contributed by atoms with Crippen LogP contribution < -0.4 is 0 Å². The zero-order valence-electron chi connectivity index (χ0n) is 11.0. The fourth-order valence-corrected chi connectivity index (χ4v) is 3.03. The topological polar surface area (TPSA) is 66.8 Å². The van der Waals surface area contributed by atoms with Crippen molar-refractivity contribution < 1.29 is 19.4 Å². The number of nitrogens with zero attached hydrogens (tertiary/aromatic N) is 1. The fraction of sp³-hybridized carbons (Fsp3) is 0.538. The normalized spacial score (nSPS) is 19.5. The van der Waals surface area contributed by atoms with Gasteiger partial charge in [0.05, 0.1) is 31.2 Å². The number of carboxylic acids is 1. The molecule has 0 bridgehead atoms. The van der Waals surface area contributed by atoms with E-state index in [2.05, 4.69) is 0 Å². The van der Waals surface area contributed by atoms with E-state index in [-0.39, 0.29) is 18.4 Å². The first-order valence-corrected chi connectivity index (χ1v) is 7.04. The molecule has 2 rings (SSSR count). The standard InChI is InChI=1S/C13H17NO4S/c1-8-9(2)19-7-11(8)13(17)14-3-4-18-6-10(14)5-12(15)16/h7,10H,3-6H2,1-2H3,(H,15,16)/t10-/m0/s1. The quantitative estimate of drug-likeness (QED) is 0.916. The first-order valence-electron chi connectivity index (χ1n) is 6.16. The molecule has 1 atom stereocenters. The van der Waals surface area contributed by atoms with Gasteiger partial charge in [0.15, 0.2) is 0 Å². The Kier molecular flexibility index (Phi) is 4.21. The predicted octanol–water partition coefficient (Wildman–Crippen LogP) is 1.68. The van der Waals surface area contributed by atoms with E-state index in [9.17, 15) is 9.59 Å². The van der Waals surface area contributed by atoms with Gasteiger partial charge in [-0.25, -0.2) is 0 Å². The lowest BCUT2D eigenvalue weighted by Gasteiger charge is -2.34. The van der Waals surface area contributed by atoms with Gasteiger partial charge in [0, 0.05) is 16.8 Å². The Balaban J connectivity index is 2.20. The highest BCUT2D eigenvalue weighted by molar-refractivity contribution is 7.10. The lowest BCUT2D eigenvalue weighted by atomic mass is 10.1. The van der Waals surface area contributed by atoms with Crippen molar-refractivity contribution in [2.45, 2.75) is 26.3 Å². The molecule has 1 aromatic rings.